The zero-order valence-corrected chi connectivity index (χ0v) is 20.2. The second-order valence-corrected chi connectivity index (χ2v) is 8.31. The van der Waals surface area contributed by atoms with Crippen LogP contribution in [0.5, 0.6) is 5.88 Å². The summed E-state index contributed by atoms with van der Waals surface area (Å²) in [5.41, 5.74) is 2.75. The number of pyridine rings is 5. The van der Waals surface area contributed by atoms with E-state index in [0.29, 0.717) is 23.8 Å². The summed E-state index contributed by atoms with van der Waals surface area (Å²) in [5, 5.41) is 2.80. The van der Waals surface area contributed by atoms with Gasteiger partial charge in [-0.2, -0.15) is 0 Å². The maximum atomic E-state index is 13.0. The minimum atomic E-state index is -0.805. The van der Waals surface area contributed by atoms with Gasteiger partial charge in [0.05, 0.1) is 18.2 Å². The van der Waals surface area contributed by atoms with Gasteiger partial charge in [-0.1, -0.05) is 30.3 Å². The summed E-state index contributed by atoms with van der Waals surface area (Å²) >= 11 is 0. The number of hydrogen-bond acceptors (Lipinski definition) is 7. The number of rotatable bonds is 8. The molecule has 0 radical (unpaired) electrons. The third-order valence-electron chi connectivity index (χ3n) is 6.07. The summed E-state index contributed by atoms with van der Waals surface area (Å²) in [5.74, 6) is 0.611. The highest BCUT2D eigenvalue weighted by Gasteiger charge is 2.39. The van der Waals surface area contributed by atoms with E-state index in [2.05, 4.69) is 20.3 Å². The first kappa shape index (κ1) is 23.7. The zero-order chi connectivity index (χ0) is 25.5. The van der Waals surface area contributed by atoms with Crippen molar-refractivity contribution in [2.75, 3.05) is 12.4 Å². The standard InChI is InChI=1S/C29H24N6O2/c1-37-27-14-5-12-25(34-27)29(21-8-6-15-30-19-21,22-9-7-16-31-20-22)18-23-10-4-11-24(33-23)28(36)35-26-13-2-3-17-32-26/h2-17,19-20H,18H2,1H3,(H,32,35,36). The smallest absolute Gasteiger partial charge is 0.275 e. The lowest BCUT2D eigenvalue weighted by Crippen LogP contribution is -2.34. The Bertz CT molecular complexity index is 1440. The van der Waals surface area contributed by atoms with Crippen LogP contribution in [0.15, 0.2) is 110 Å². The molecule has 37 heavy (non-hydrogen) atoms. The molecule has 5 aromatic rings. The summed E-state index contributed by atoms with van der Waals surface area (Å²) in [4.78, 5) is 35.5. The van der Waals surface area contributed by atoms with Gasteiger partial charge >= 0.3 is 0 Å². The fourth-order valence-electron chi connectivity index (χ4n) is 4.35. The maximum absolute atomic E-state index is 13.0. The Morgan fingerprint density at radius 3 is 2.22 bits per heavy atom. The van der Waals surface area contributed by atoms with Crippen molar-refractivity contribution >= 4 is 11.7 Å². The lowest BCUT2D eigenvalue weighted by Gasteiger charge is -2.34. The number of hydrogen-bond donors (Lipinski definition) is 1. The SMILES string of the molecule is COc1cccc(C(Cc2cccc(C(=O)Nc3ccccn3)n2)(c2cccnc2)c2cccnc2)n1. The lowest BCUT2D eigenvalue weighted by molar-refractivity contribution is 0.102. The predicted molar refractivity (Wildman–Crippen MR) is 139 cm³/mol. The van der Waals surface area contributed by atoms with E-state index in [1.54, 1.807) is 43.9 Å². The van der Waals surface area contributed by atoms with Crippen molar-refractivity contribution in [3.63, 3.8) is 0 Å². The molecule has 5 heterocycles. The summed E-state index contributed by atoms with van der Waals surface area (Å²) < 4.78 is 5.46. The van der Waals surface area contributed by atoms with Gasteiger partial charge in [-0.25, -0.2) is 15.0 Å². The number of aromatic nitrogens is 5. The second-order valence-electron chi connectivity index (χ2n) is 8.31. The Hall–Kier alpha value is -4.98. The highest BCUT2D eigenvalue weighted by molar-refractivity contribution is 6.02. The second kappa shape index (κ2) is 10.7. The van der Waals surface area contributed by atoms with Crippen molar-refractivity contribution in [2.24, 2.45) is 0 Å². The molecule has 0 aliphatic carbocycles. The van der Waals surface area contributed by atoms with Crippen molar-refractivity contribution < 1.29 is 9.53 Å². The Kier molecular flexibility index (Phi) is 6.89. The van der Waals surface area contributed by atoms with Gasteiger partial charge in [-0.05, 0) is 53.6 Å². The fourth-order valence-corrected chi connectivity index (χ4v) is 4.35. The number of nitrogens with zero attached hydrogens (tertiary/aromatic N) is 5. The first-order valence-electron chi connectivity index (χ1n) is 11.7. The van der Waals surface area contributed by atoms with E-state index >= 15 is 0 Å². The monoisotopic (exact) mass is 488 g/mol. The molecule has 0 fully saturated rings. The van der Waals surface area contributed by atoms with Crippen LogP contribution in [0.25, 0.3) is 0 Å². The summed E-state index contributed by atoms with van der Waals surface area (Å²) in [6, 6.07) is 24.2. The van der Waals surface area contributed by atoms with Crippen molar-refractivity contribution in [2.45, 2.75) is 11.8 Å². The molecule has 0 aliphatic heterocycles. The lowest BCUT2D eigenvalue weighted by atomic mass is 9.69. The Morgan fingerprint density at radius 1 is 0.811 bits per heavy atom. The summed E-state index contributed by atoms with van der Waals surface area (Å²) in [6.45, 7) is 0. The molecule has 5 aromatic heterocycles. The molecule has 0 saturated heterocycles. The van der Waals surface area contributed by atoms with Crippen molar-refractivity contribution in [1.29, 1.82) is 0 Å². The van der Waals surface area contributed by atoms with Crippen LogP contribution in [-0.4, -0.2) is 37.9 Å². The molecule has 0 spiro atoms. The number of nitrogens with one attached hydrogen (secondary N) is 1. The van der Waals surface area contributed by atoms with Gasteiger partial charge in [0.25, 0.3) is 5.91 Å². The van der Waals surface area contributed by atoms with E-state index in [0.717, 1.165) is 16.8 Å². The number of ether oxygens (including phenoxy) is 1. The average molecular weight is 489 g/mol. The van der Waals surface area contributed by atoms with Crippen LogP contribution in [0.1, 0.15) is 33.0 Å². The Labute approximate surface area is 214 Å². The van der Waals surface area contributed by atoms with Crippen LogP contribution in [-0.2, 0) is 11.8 Å². The Balaban J connectivity index is 1.63. The number of anilines is 1. The van der Waals surface area contributed by atoms with Crippen LogP contribution >= 0.6 is 0 Å². The fraction of sp³-hybridized carbons (Fsp3) is 0.103. The maximum Gasteiger partial charge on any atom is 0.275 e. The van der Waals surface area contributed by atoms with E-state index in [4.69, 9.17) is 14.7 Å². The molecule has 1 amide bonds. The third kappa shape index (κ3) is 5.04. The number of amides is 1. The highest BCUT2D eigenvalue weighted by Crippen LogP contribution is 2.41. The van der Waals surface area contributed by atoms with Gasteiger partial charge in [0.2, 0.25) is 5.88 Å². The largest absolute Gasteiger partial charge is 0.481 e. The summed E-state index contributed by atoms with van der Waals surface area (Å²) in [6.07, 6.45) is 9.14. The number of carbonyl (C=O) groups excluding carboxylic acids is 1. The molecule has 182 valence electrons. The first-order valence-corrected chi connectivity index (χ1v) is 11.7. The molecular formula is C29H24N6O2. The molecule has 0 unspecified atom stereocenters. The van der Waals surface area contributed by atoms with Crippen molar-refractivity contribution in [1.82, 2.24) is 24.9 Å². The van der Waals surface area contributed by atoms with Crippen LogP contribution in [0.2, 0.25) is 0 Å². The van der Waals surface area contributed by atoms with Gasteiger partial charge < -0.3 is 10.1 Å². The van der Waals surface area contributed by atoms with Crippen molar-refractivity contribution in [3.05, 3.63) is 138 Å². The number of methoxy groups -OCH3 is 1. The van der Waals surface area contributed by atoms with Crippen LogP contribution in [0.4, 0.5) is 5.82 Å². The molecule has 5 rings (SSSR count). The van der Waals surface area contributed by atoms with Gasteiger partial charge in [-0.15, -0.1) is 0 Å². The van der Waals surface area contributed by atoms with Crippen LogP contribution in [0, 0.1) is 0 Å². The molecule has 0 aliphatic rings. The Morgan fingerprint density at radius 2 is 1.57 bits per heavy atom. The van der Waals surface area contributed by atoms with E-state index in [9.17, 15) is 4.79 Å². The quantitative estimate of drug-likeness (QED) is 0.343. The van der Waals surface area contributed by atoms with Gasteiger partial charge in [0.1, 0.15) is 11.5 Å². The normalized spacial score (nSPS) is 11.1. The minimum absolute atomic E-state index is 0.285. The van der Waals surface area contributed by atoms with E-state index in [1.165, 1.54) is 0 Å². The van der Waals surface area contributed by atoms with E-state index in [1.807, 2.05) is 73.1 Å². The van der Waals surface area contributed by atoms with Crippen molar-refractivity contribution in [3.8, 4) is 5.88 Å². The molecule has 1 N–H and O–H groups in total. The van der Waals surface area contributed by atoms with Crippen LogP contribution < -0.4 is 10.1 Å². The first-order chi connectivity index (χ1) is 18.2. The molecule has 8 nitrogen and oxygen atoms in total. The van der Waals surface area contributed by atoms with E-state index < -0.39 is 5.41 Å². The molecule has 0 atom stereocenters. The molecule has 8 heteroatoms. The van der Waals surface area contributed by atoms with Crippen LogP contribution in [0.3, 0.4) is 0 Å². The third-order valence-corrected chi connectivity index (χ3v) is 6.07. The molecule has 0 aromatic carbocycles. The summed E-state index contributed by atoms with van der Waals surface area (Å²) in [7, 11) is 1.59. The topological polar surface area (TPSA) is 103 Å². The predicted octanol–water partition coefficient (Wildman–Crippen LogP) is 4.50. The number of carbonyl (C=O) groups is 1. The minimum Gasteiger partial charge on any atom is -0.481 e. The van der Waals surface area contributed by atoms with Gasteiger partial charge in [0, 0.05) is 49.2 Å². The zero-order valence-electron chi connectivity index (χ0n) is 20.2. The molecular weight excluding hydrogens is 464 g/mol. The average Bonchev–Trinajstić information content (AvgIpc) is 2.97. The van der Waals surface area contributed by atoms with Gasteiger partial charge in [-0.3, -0.25) is 14.8 Å². The van der Waals surface area contributed by atoms with E-state index in [-0.39, 0.29) is 11.6 Å². The molecule has 0 bridgehead atoms. The molecule has 0 saturated carbocycles. The van der Waals surface area contributed by atoms with Gasteiger partial charge in [0.15, 0.2) is 0 Å². The highest BCUT2D eigenvalue weighted by atomic mass is 16.5.